The normalized spacial score (nSPS) is 21.2. The minimum Gasteiger partial charge on any atom is -0.364 e. The Balaban J connectivity index is 1.48. The average Bonchev–Trinajstić information content (AvgIpc) is 3.38. The Labute approximate surface area is 189 Å². The van der Waals surface area contributed by atoms with E-state index < -0.39 is 12.1 Å². The molecule has 32 heavy (non-hydrogen) atoms. The highest BCUT2D eigenvalue weighted by molar-refractivity contribution is 6.02. The van der Waals surface area contributed by atoms with Gasteiger partial charge in [-0.1, -0.05) is 62.4 Å². The van der Waals surface area contributed by atoms with Crippen molar-refractivity contribution in [2.45, 2.75) is 51.5 Å². The summed E-state index contributed by atoms with van der Waals surface area (Å²) in [6.07, 6.45) is 0.578. The Morgan fingerprint density at radius 3 is 2.31 bits per heavy atom. The lowest BCUT2D eigenvalue weighted by Crippen LogP contribution is -2.48. The first-order valence-corrected chi connectivity index (χ1v) is 11.3. The minimum absolute atomic E-state index is 0.0482. The number of ketones is 1. The van der Waals surface area contributed by atoms with Gasteiger partial charge in [-0.2, -0.15) is 0 Å². The van der Waals surface area contributed by atoms with Crippen LogP contribution >= 0.6 is 0 Å². The fourth-order valence-electron chi connectivity index (χ4n) is 4.71. The lowest BCUT2D eigenvalue weighted by Gasteiger charge is -2.28. The molecule has 6 heteroatoms. The van der Waals surface area contributed by atoms with Crippen molar-refractivity contribution < 1.29 is 19.1 Å². The number of nitrogens with zero attached hydrogens (tertiary/aromatic N) is 2. The second-order valence-electron chi connectivity index (χ2n) is 9.01. The van der Waals surface area contributed by atoms with Crippen LogP contribution in [-0.4, -0.2) is 58.7 Å². The molecule has 2 unspecified atom stereocenters. The zero-order chi connectivity index (χ0) is 22.7. The Morgan fingerprint density at radius 1 is 1.00 bits per heavy atom. The van der Waals surface area contributed by atoms with E-state index >= 15 is 0 Å². The van der Waals surface area contributed by atoms with Crippen molar-refractivity contribution in [3.63, 3.8) is 0 Å². The number of fused-ring (bicyclic) bond motifs is 1. The average molecular weight is 435 g/mol. The summed E-state index contributed by atoms with van der Waals surface area (Å²) in [7, 11) is 0. The molecule has 2 saturated heterocycles. The Morgan fingerprint density at radius 2 is 1.66 bits per heavy atom. The minimum atomic E-state index is -0.611. The fourth-order valence-corrected chi connectivity index (χ4v) is 4.71. The summed E-state index contributed by atoms with van der Waals surface area (Å²) in [5.74, 6) is -0.102. The molecular weight excluding hydrogens is 404 g/mol. The molecule has 0 aliphatic carbocycles. The molecule has 0 saturated carbocycles. The van der Waals surface area contributed by atoms with E-state index in [9.17, 15) is 14.4 Å². The van der Waals surface area contributed by atoms with Crippen molar-refractivity contribution >= 4 is 17.6 Å². The second kappa shape index (κ2) is 9.65. The number of ether oxygens (including phenoxy) is 1. The van der Waals surface area contributed by atoms with Crippen LogP contribution in [0.3, 0.4) is 0 Å². The molecule has 2 aromatic rings. The van der Waals surface area contributed by atoms with Crippen LogP contribution in [0.5, 0.6) is 0 Å². The molecule has 2 aliphatic heterocycles. The quantitative estimate of drug-likeness (QED) is 0.671. The Hall–Kier alpha value is -2.99. The van der Waals surface area contributed by atoms with E-state index in [1.165, 1.54) is 0 Å². The first kappa shape index (κ1) is 22.2. The van der Waals surface area contributed by atoms with Crippen molar-refractivity contribution in [1.29, 1.82) is 0 Å². The van der Waals surface area contributed by atoms with Gasteiger partial charge in [0.1, 0.15) is 12.1 Å². The van der Waals surface area contributed by atoms with Crippen LogP contribution in [-0.2, 0) is 20.9 Å². The second-order valence-corrected chi connectivity index (χ2v) is 9.01. The molecule has 4 rings (SSSR count). The third kappa shape index (κ3) is 4.60. The van der Waals surface area contributed by atoms with Crippen molar-refractivity contribution in [2.75, 3.05) is 13.1 Å². The number of hydrogen-bond donors (Lipinski definition) is 0. The smallest absolute Gasteiger partial charge is 0.254 e. The van der Waals surface area contributed by atoms with Gasteiger partial charge in [0.05, 0.1) is 19.2 Å². The van der Waals surface area contributed by atoms with E-state index in [1.54, 1.807) is 21.9 Å². The molecule has 6 nitrogen and oxygen atoms in total. The molecule has 2 aliphatic rings. The van der Waals surface area contributed by atoms with Gasteiger partial charge in [-0.3, -0.25) is 14.4 Å². The van der Waals surface area contributed by atoms with Gasteiger partial charge in [-0.25, -0.2) is 0 Å². The van der Waals surface area contributed by atoms with Crippen molar-refractivity contribution in [2.24, 2.45) is 5.92 Å². The lowest BCUT2D eigenvalue weighted by atomic mass is 10.0. The molecule has 2 heterocycles. The van der Waals surface area contributed by atoms with Gasteiger partial charge in [0, 0.05) is 12.1 Å². The molecule has 2 fully saturated rings. The molecule has 0 radical (unpaired) electrons. The predicted molar refractivity (Wildman–Crippen MR) is 121 cm³/mol. The molecule has 3 atom stereocenters. The predicted octanol–water partition coefficient (Wildman–Crippen LogP) is 3.31. The number of likely N-dealkylation sites (tertiary alicyclic amines) is 2. The summed E-state index contributed by atoms with van der Waals surface area (Å²) >= 11 is 0. The van der Waals surface area contributed by atoms with E-state index in [4.69, 9.17) is 4.74 Å². The largest absolute Gasteiger partial charge is 0.364 e. The summed E-state index contributed by atoms with van der Waals surface area (Å²) < 4.78 is 6.06. The lowest BCUT2D eigenvalue weighted by molar-refractivity contribution is -0.148. The van der Waals surface area contributed by atoms with Crippen LogP contribution in [0.1, 0.15) is 42.6 Å². The third-order valence-electron chi connectivity index (χ3n) is 6.24. The summed E-state index contributed by atoms with van der Waals surface area (Å²) in [6.45, 7) is 4.96. The summed E-state index contributed by atoms with van der Waals surface area (Å²) in [5, 5.41) is 0. The van der Waals surface area contributed by atoms with Crippen LogP contribution < -0.4 is 0 Å². The molecule has 0 bridgehead atoms. The van der Waals surface area contributed by atoms with Gasteiger partial charge in [0.2, 0.25) is 0 Å². The van der Waals surface area contributed by atoms with E-state index in [0.29, 0.717) is 31.6 Å². The van der Waals surface area contributed by atoms with Crippen molar-refractivity contribution in [1.82, 2.24) is 9.80 Å². The van der Waals surface area contributed by atoms with Gasteiger partial charge in [0.25, 0.3) is 11.8 Å². The highest BCUT2D eigenvalue weighted by Gasteiger charge is 2.52. The standard InChI is InChI=1S/C26H30N2O4/c1-18(2)15-23(32-17-19-9-5-3-6-10-19)26(31)27-14-13-21-24(27)22(29)16-28(21)25(30)20-11-7-4-8-12-20/h3-12,18,21,23-24H,13-17H2,1-2H3/t21?,23-,24?/m1/s1. The highest BCUT2D eigenvalue weighted by Crippen LogP contribution is 2.32. The maximum Gasteiger partial charge on any atom is 0.254 e. The number of Topliss-reactive ketones (excluding diaryl/α,β-unsaturated/α-hetero) is 1. The van der Waals surface area contributed by atoms with Crippen molar-refractivity contribution in [3.05, 3.63) is 71.8 Å². The van der Waals surface area contributed by atoms with Crippen LogP contribution in [0.4, 0.5) is 0 Å². The monoisotopic (exact) mass is 434 g/mol. The molecule has 0 N–H and O–H groups in total. The first-order chi connectivity index (χ1) is 15.5. The number of rotatable bonds is 7. The molecule has 2 aromatic carbocycles. The van der Waals surface area contributed by atoms with E-state index in [2.05, 4.69) is 13.8 Å². The van der Waals surface area contributed by atoms with Crippen LogP contribution in [0.25, 0.3) is 0 Å². The number of carbonyl (C=O) groups excluding carboxylic acids is 3. The summed E-state index contributed by atoms with van der Waals surface area (Å²) in [4.78, 5) is 42.7. The zero-order valence-electron chi connectivity index (χ0n) is 18.6. The molecule has 0 spiro atoms. The van der Waals surface area contributed by atoms with Gasteiger partial charge < -0.3 is 14.5 Å². The van der Waals surface area contributed by atoms with E-state index in [0.717, 1.165) is 5.56 Å². The van der Waals surface area contributed by atoms with Crippen LogP contribution in [0.2, 0.25) is 0 Å². The van der Waals surface area contributed by atoms with Crippen LogP contribution in [0, 0.1) is 5.92 Å². The molecular formula is C26H30N2O4. The Bertz CT molecular complexity index is 960. The Kier molecular flexibility index (Phi) is 6.70. The molecule has 0 aromatic heterocycles. The fraction of sp³-hybridized carbons (Fsp3) is 0.423. The third-order valence-corrected chi connectivity index (χ3v) is 6.24. The molecule has 168 valence electrons. The van der Waals surface area contributed by atoms with Crippen LogP contribution in [0.15, 0.2) is 60.7 Å². The van der Waals surface area contributed by atoms with Gasteiger partial charge in [0.15, 0.2) is 5.78 Å². The topological polar surface area (TPSA) is 66.9 Å². The molecule has 2 amide bonds. The number of hydrogen-bond acceptors (Lipinski definition) is 4. The number of benzene rings is 2. The van der Waals surface area contributed by atoms with E-state index in [-0.39, 0.29) is 36.1 Å². The summed E-state index contributed by atoms with van der Waals surface area (Å²) in [5.41, 5.74) is 1.57. The highest BCUT2D eigenvalue weighted by atomic mass is 16.5. The summed E-state index contributed by atoms with van der Waals surface area (Å²) in [6, 6.07) is 17.9. The van der Waals surface area contributed by atoms with Crippen molar-refractivity contribution in [3.8, 4) is 0 Å². The number of carbonyl (C=O) groups is 3. The van der Waals surface area contributed by atoms with Gasteiger partial charge >= 0.3 is 0 Å². The van der Waals surface area contributed by atoms with E-state index in [1.807, 2.05) is 48.5 Å². The zero-order valence-corrected chi connectivity index (χ0v) is 18.6. The SMILES string of the molecule is CC(C)C[C@@H](OCc1ccccc1)C(=O)N1CCC2C1C(=O)CN2C(=O)c1ccccc1. The van der Waals surface area contributed by atoms with Gasteiger partial charge in [-0.05, 0) is 36.5 Å². The maximum absolute atomic E-state index is 13.5. The van der Waals surface area contributed by atoms with Gasteiger partial charge in [-0.15, -0.1) is 0 Å². The maximum atomic E-state index is 13.5. The first-order valence-electron chi connectivity index (χ1n) is 11.3. The number of amides is 2.